The molecule has 1 aliphatic heterocycles. The van der Waals surface area contributed by atoms with Crippen LogP contribution in [-0.2, 0) is 19.1 Å². The van der Waals surface area contributed by atoms with Gasteiger partial charge in [0.15, 0.2) is 22.9 Å². The summed E-state index contributed by atoms with van der Waals surface area (Å²) in [6.45, 7) is 7.62. The fourth-order valence-corrected chi connectivity index (χ4v) is 5.99. The third-order valence-corrected chi connectivity index (χ3v) is 7.66. The highest BCUT2D eigenvalue weighted by Gasteiger charge is 2.33. The number of benzene rings is 2. The maximum absolute atomic E-state index is 14.0. The van der Waals surface area contributed by atoms with Crippen molar-refractivity contribution in [3.05, 3.63) is 83.0 Å². The Labute approximate surface area is 255 Å². The number of rotatable bonds is 11. The van der Waals surface area contributed by atoms with Gasteiger partial charge in [-0.25, -0.2) is 14.6 Å². The highest BCUT2D eigenvalue weighted by atomic mass is 79.9. The molecule has 0 saturated heterocycles. The molecule has 222 valence electrons. The Morgan fingerprint density at radius 1 is 1.05 bits per heavy atom. The van der Waals surface area contributed by atoms with Crippen LogP contribution in [0.3, 0.4) is 0 Å². The molecule has 0 saturated carbocycles. The molecule has 12 heteroatoms. The molecule has 0 fully saturated rings. The zero-order chi connectivity index (χ0) is 30.4. The number of hydrogen-bond acceptors (Lipinski definition) is 10. The van der Waals surface area contributed by atoms with Gasteiger partial charge in [-0.2, -0.15) is 0 Å². The summed E-state index contributed by atoms with van der Waals surface area (Å²) in [5.41, 5.74) is 1.58. The molecule has 1 aliphatic rings. The van der Waals surface area contributed by atoms with Crippen molar-refractivity contribution in [1.29, 1.82) is 0 Å². The number of carbonyl (C=O) groups excluding carboxylic acids is 2. The molecule has 10 nitrogen and oxygen atoms in total. The second-order valence-electron chi connectivity index (χ2n) is 8.92. The first-order valence-electron chi connectivity index (χ1n) is 13.3. The molecule has 2 heterocycles. The minimum Gasteiger partial charge on any atom is -0.494 e. The molecule has 0 bridgehead atoms. The predicted molar refractivity (Wildman–Crippen MR) is 161 cm³/mol. The van der Waals surface area contributed by atoms with Crippen LogP contribution in [0.2, 0.25) is 0 Å². The SMILES string of the molecule is CCOC(=O)COc1c(/C=c2\sc3n(c2=O)[C@@H](c2ccc(OCC)cc2)C(C(=O)OCC)=C(C)N=3)cc(Br)cc1OC. The number of methoxy groups -OCH3 is 1. The lowest BCUT2D eigenvalue weighted by molar-refractivity contribution is -0.145. The van der Waals surface area contributed by atoms with Crippen LogP contribution in [0.1, 0.15) is 44.9 Å². The van der Waals surface area contributed by atoms with Gasteiger partial charge < -0.3 is 23.7 Å². The highest BCUT2D eigenvalue weighted by Crippen LogP contribution is 2.36. The van der Waals surface area contributed by atoms with Crippen LogP contribution in [0, 0.1) is 0 Å². The van der Waals surface area contributed by atoms with Crippen LogP contribution in [0.4, 0.5) is 0 Å². The summed E-state index contributed by atoms with van der Waals surface area (Å²) in [7, 11) is 1.48. The van der Waals surface area contributed by atoms with Crippen molar-refractivity contribution >= 4 is 45.3 Å². The van der Waals surface area contributed by atoms with E-state index in [2.05, 4.69) is 20.9 Å². The first-order valence-corrected chi connectivity index (χ1v) is 14.9. The van der Waals surface area contributed by atoms with Crippen LogP contribution in [0.5, 0.6) is 17.2 Å². The molecule has 0 unspecified atom stereocenters. The number of allylic oxidation sites excluding steroid dienone is 1. The second-order valence-corrected chi connectivity index (χ2v) is 10.8. The molecule has 1 aromatic heterocycles. The van der Waals surface area contributed by atoms with E-state index < -0.39 is 18.0 Å². The summed E-state index contributed by atoms with van der Waals surface area (Å²) in [4.78, 5) is 44.2. The van der Waals surface area contributed by atoms with Crippen LogP contribution in [0.15, 0.2) is 61.9 Å². The Balaban J connectivity index is 1.90. The Morgan fingerprint density at radius 2 is 1.76 bits per heavy atom. The minimum absolute atomic E-state index is 0.176. The van der Waals surface area contributed by atoms with Crippen LogP contribution >= 0.6 is 27.3 Å². The number of aromatic nitrogens is 1. The van der Waals surface area contributed by atoms with E-state index in [9.17, 15) is 14.4 Å². The summed E-state index contributed by atoms with van der Waals surface area (Å²) >= 11 is 4.64. The number of esters is 2. The molecular formula is C30H31BrN2O8S. The van der Waals surface area contributed by atoms with E-state index in [4.69, 9.17) is 23.7 Å². The van der Waals surface area contributed by atoms with E-state index in [0.29, 0.717) is 48.7 Å². The van der Waals surface area contributed by atoms with Gasteiger partial charge in [0.25, 0.3) is 5.56 Å². The van der Waals surface area contributed by atoms with Crippen molar-refractivity contribution in [2.75, 3.05) is 33.5 Å². The number of carbonyl (C=O) groups is 2. The van der Waals surface area contributed by atoms with E-state index in [1.54, 1.807) is 51.1 Å². The number of hydrogen-bond donors (Lipinski definition) is 0. The van der Waals surface area contributed by atoms with Crippen LogP contribution in [0.25, 0.3) is 6.08 Å². The van der Waals surface area contributed by atoms with Crippen molar-refractivity contribution < 1.29 is 33.3 Å². The Morgan fingerprint density at radius 3 is 2.40 bits per heavy atom. The summed E-state index contributed by atoms with van der Waals surface area (Å²) in [6, 6.07) is 9.92. The smallest absolute Gasteiger partial charge is 0.344 e. The molecule has 4 rings (SSSR count). The molecule has 1 atom stereocenters. The van der Waals surface area contributed by atoms with Gasteiger partial charge in [0.2, 0.25) is 0 Å². The lowest BCUT2D eigenvalue weighted by atomic mass is 9.96. The van der Waals surface area contributed by atoms with Gasteiger partial charge >= 0.3 is 11.9 Å². The second kappa shape index (κ2) is 13.8. The normalized spacial score (nSPS) is 14.6. The largest absolute Gasteiger partial charge is 0.494 e. The number of thiazole rings is 1. The maximum Gasteiger partial charge on any atom is 0.344 e. The van der Waals surface area contributed by atoms with E-state index in [0.717, 1.165) is 0 Å². The van der Waals surface area contributed by atoms with Gasteiger partial charge in [0.1, 0.15) is 5.75 Å². The van der Waals surface area contributed by atoms with Crippen LogP contribution in [-0.4, -0.2) is 50.0 Å². The van der Waals surface area contributed by atoms with Gasteiger partial charge in [0, 0.05) is 10.0 Å². The molecule has 0 spiro atoms. The van der Waals surface area contributed by atoms with Crippen LogP contribution < -0.4 is 29.1 Å². The van der Waals surface area contributed by atoms with Gasteiger partial charge in [-0.3, -0.25) is 9.36 Å². The quantitative estimate of drug-likeness (QED) is 0.285. The predicted octanol–water partition coefficient (Wildman–Crippen LogP) is 3.91. The molecule has 0 amide bonds. The fourth-order valence-electron chi connectivity index (χ4n) is 4.50. The molecule has 42 heavy (non-hydrogen) atoms. The molecule has 0 radical (unpaired) electrons. The van der Waals surface area contributed by atoms with Gasteiger partial charge in [-0.15, -0.1) is 0 Å². The van der Waals surface area contributed by atoms with Gasteiger partial charge in [-0.1, -0.05) is 39.4 Å². The Bertz CT molecular complexity index is 1690. The third-order valence-electron chi connectivity index (χ3n) is 6.22. The van der Waals surface area contributed by atoms with E-state index in [1.807, 2.05) is 19.1 Å². The lowest BCUT2D eigenvalue weighted by Crippen LogP contribution is -2.39. The molecule has 0 N–H and O–H groups in total. The average molecular weight is 660 g/mol. The van der Waals surface area contributed by atoms with Crippen molar-refractivity contribution in [2.24, 2.45) is 4.99 Å². The summed E-state index contributed by atoms with van der Waals surface area (Å²) in [6.07, 6.45) is 1.65. The maximum atomic E-state index is 14.0. The van der Waals surface area contributed by atoms with Crippen molar-refractivity contribution in [3.63, 3.8) is 0 Å². The molecule has 3 aromatic rings. The fraction of sp³-hybridized carbons (Fsp3) is 0.333. The molecule has 2 aromatic carbocycles. The minimum atomic E-state index is -0.769. The summed E-state index contributed by atoms with van der Waals surface area (Å²) in [5.74, 6) is 0.223. The van der Waals surface area contributed by atoms with Gasteiger partial charge in [0.05, 0.1) is 48.8 Å². The van der Waals surface area contributed by atoms with Crippen molar-refractivity contribution in [3.8, 4) is 17.2 Å². The Hall–Kier alpha value is -3.90. The van der Waals surface area contributed by atoms with Crippen molar-refractivity contribution in [2.45, 2.75) is 33.7 Å². The first-order chi connectivity index (χ1) is 20.2. The van der Waals surface area contributed by atoms with E-state index in [-0.39, 0.29) is 36.7 Å². The standard InChI is InChI=1S/C30H31BrN2O8S/c1-6-38-21-11-9-18(10-12-21)26-25(29(36)40-8-3)17(4)32-30-33(26)28(35)23(42-30)14-19-13-20(31)15-22(37-5)27(19)41-16-24(34)39-7-2/h9-15,26H,6-8,16H2,1-5H3/b23-14-/t26-/m0/s1. The summed E-state index contributed by atoms with van der Waals surface area (Å²) in [5, 5.41) is 0. The zero-order valence-electron chi connectivity index (χ0n) is 23.9. The number of fused-ring (bicyclic) bond motifs is 1. The topological polar surface area (TPSA) is 115 Å². The molecule has 0 aliphatic carbocycles. The highest BCUT2D eigenvalue weighted by molar-refractivity contribution is 9.10. The first kappa shape index (κ1) is 31.0. The van der Waals surface area contributed by atoms with E-state index in [1.165, 1.54) is 23.0 Å². The van der Waals surface area contributed by atoms with Crippen molar-refractivity contribution in [1.82, 2.24) is 4.57 Å². The number of nitrogens with zero attached hydrogens (tertiary/aromatic N) is 2. The monoisotopic (exact) mass is 658 g/mol. The van der Waals surface area contributed by atoms with E-state index >= 15 is 0 Å². The lowest BCUT2D eigenvalue weighted by Gasteiger charge is -2.24. The zero-order valence-corrected chi connectivity index (χ0v) is 26.3. The summed E-state index contributed by atoms with van der Waals surface area (Å²) < 4.78 is 29.7. The Kier molecular flexibility index (Phi) is 10.2. The average Bonchev–Trinajstić information content (AvgIpc) is 3.26. The number of ether oxygens (including phenoxy) is 5. The molecular weight excluding hydrogens is 628 g/mol. The third kappa shape index (κ3) is 6.60. The van der Waals surface area contributed by atoms with Gasteiger partial charge in [-0.05, 0) is 63.6 Å². The number of halogens is 1.